The van der Waals surface area contributed by atoms with Crippen molar-refractivity contribution in [2.75, 3.05) is 32.3 Å². The van der Waals surface area contributed by atoms with E-state index in [4.69, 9.17) is 10.5 Å². The van der Waals surface area contributed by atoms with E-state index in [-0.39, 0.29) is 5.91 Å². The van der Waals surface area contributed by atoms with Gasteiger partial charge in [-0.2, -0.15) is 0 Å². The van der Waals surface area contributed by atoms with Crippen molar-refractivity contribution in [3.63, 3.8) is 0 Å². The maximum Gasteiger partial charge on any atom is 0.253 e. The van der Waals surface area contributed by atoms with Crippen LogP contribution in [-0.4, -0.2) is 32.0 Å². The average Bonchev–Trinajstić information content (AvgIpc) is 2.49. The number of hydrogen-bond acceptors (Lipinski definition) is 4. The summed E-state index contributed by atoms with van der Waals surface area (Å²) in [6.07, 6.45) is 0. The van der Waals surface area contributed by atoms with Crippen LogP contribution in [-0.2, 0) is 0 Å². The van der Waals surface area contributed by atoms with E-state index in [0.717, 1.165) is 11.4 Å². The second kappa shape index (κ2) is 6.17. The van der Waals surface area contributed by atoms with Gasteiger partial charge in [0.1, 0.15) is 5.75 Å². The van der Waals surface area contributed by atoms with Crippen molar-refractivity contribution in [3.05, 3.63) is 48.0 Å². The highest BCUT2D eigenvalue weighted by Crippen LogP contribution is 2.26. The first kappa shape index (κ1) is 14.7. The molecule has 3 N–H and O–H groups in total. The number of carbonyl (C=O) groups excluding carboxylic acids is 1. The molecule has 0 aliphatic rings. The van der Waals surface area contributed by atoms with Gasteiger partial charge in [0.05, 0.1) is 18.5 Å². The van der Waals surface area contributed by atoms with Crippen LogP contribution in [0.2, 0.25) is 0 Å². The summed E-state index contributed by atoms with van der Waals surface area (Å²) in [5.41, 5.74) is 8.66. The van der Waals surface area contributed by atoms with Crippen molar-refractivity contribution in [3.8, 4) is 5.75 Å². The number of anilines is 3. The van der Waals surface area contributed by atoms with Gasteiger partial charge in [-0.3, -0.25) is 4.79 Å². The lowest BCUT2D eigenvalue weighted by Gasteiger charge is -2.14. The first-order valence-corrected chi connectivity index (χ1v) is 6.53. The molecular formula is C16H19N3O2. The Morgan fingerprint density at radius 1 is 1.19 bits per heavy atom. The fourth-order valence-electron chi connectivity index (χ4n) is 1.91. The Hall–Kier alpha value is -2.69. The van der Waals surface area contributed by atoms with E-state index < -0.39 is 0 Å². The molecule has 0 unspecified atom stereocenters. The van der Waals surface area contributed by atoms with E-state index in [0.29, 0.717) is 16.9 Å². The lowest BCUT2D eigenvalue weighted by Crippen LogP contribution is -2.21. The van der Waals surface area contributed by atoms with Gasteiger partial charge < -0.3 is 20.7 Å². The number of nitrogen functional groups attached to an aromatic ring is 1. The lowest BCUT2D eigenvalue weighted by atomic mass is 10.1. The summed E-state index contributed by atoms with van der Waals surface area (Å²) in [7, 11) is 5.05. The zero-order valence-electron chi connectivity index (χ0n) is 12.4. The van der Waals surface area contributed by atoms with Gasteiger partial charge in [-0.25, -0.2) is 0 Å². The van der Waals surface area contributed by atoms with E-state index in [9.17, 15) is 4.79 Å². The molecule has 0 bridgehead atoms. The van der Waals surface area contributed by atoms with Crippen molar-refractivity contribution >= 4 is 23.0 Å². The Morgan fingerprint density at radius 2 is 1.95 bits per heavy atom. The van der Waals surface area contributed by atoms with Gasteiger partial charge in [0.25, 0.3) is 5.91 Å². The zero-order valence-corrected chi connectivity index (χ0v) is 12.4. The first-order valence-electron chi connectivity index (χ1n) is 6.53. The Labute approximate surface area is 124 Å². The number of nitrogens with one attached hydrogen (secondary N) is 1. The number of nitrogens with two attached hydrogens (primary N) is 1. The van der Waals surface area contributed by atoms with Crippen LogP contribution >= 0.6 is 0 Å². The summed E-state index contributed by atoms with van der Waals surface area (Å²) in [4.78, 5) is 13.5. The Morgan fingerprint density at radius 3 is 2.62 bits per heavy atom. The molecule has 0 heterocycles. The van der Waals surface area contributed by atoms with Gasteiger partial charge in [-0.1, -0.05) is 6.07 Å². The molecule has 0 atom stereocenters. The highest BCUT2D eigenvalue weighted by Gasteiger charge is 2.10. The molecule has 0 saturated heterocycles. The summed E-state index contributed by atoms with van der Waals surface area (Å²) in [6, 6.07) is 12.7. The standard InChI is InChI=1S/C16H19N3O2/c1-19(2)16(20)11-7-8-14(17)15(9-11)18-12-5-4-6-13(10-12)21-3/h4-10,18H,17H2,1-3H3. The predicted octanol–water partition coefficient (Wildman–Crippen LogP) is 2.72. The van der Waals surface area contributed by atoms with Crippen LogP contribution < -0.4 is 15.8 Å². The van der Waals surface area contributed by atoms with Crippen LogP contribution in [0.5, 0.6) is 5.75 Å². The minimum absolute atomic E-state index is 0.0660. The topological polar surface area (TPSA) is 67.6 Å². The largest absolute Gasteiger partial charge is 0.497 e. The third-order valence-electron chi connectivity index (χ3n) is 3.06. The van der Waals surface area contributed by atoms with Crippen LogP contribution in [0.25, 0.3) is 0 Å². The number of methoxy groups -OCH3 is 1. The van der Waals surface area contributed by atoms with E-state index in [1.165, 1.54) is 4.90 Å². The molecule has 21 heavy (non-hydrogen) atoms. The predicted molar refractivity (Wildman–Crippen MR) is 85.1 cm³/mol. The summed E-state index contributed by atoms with van der Waals surface area (Å²) >= 11 is 0. The molecule has 5 nitrogen and oxygen atoms in total. The molecule has 0 fully saturated rings. The van der Waals surface area contributed by atoms with Crippen LogP contribution in [0.15, 0.2) is 42.5 Å². The maximum atomic E-state index is 12.0. The summed E-state index contributed by atoms with van der Waals surface area (Å²) in [6.45, 7) is 0. The van der Waals surface area contributed by atoms with Gasteiger partial charge in [-0.15, -0.1) is 0 Å². The second-order valence-corrected chi connectivity index (χ2v) is 4.86. The van der Waals surface area contributed by atoms with Crippen LogP contribution in [0, 0.1) is 0 Å². The van der Waals surface area contributed by atoms with E-state index in [1.54, 1.807) is 39.4 Å². The number of amides is 1. The summed E-state index contributed by atoms with van der Waals surface area (Å²) < 4.78 is 5.18. The number of benzene rings is 2. The molecule has 0 aliphatic carbocycles. The zero-order chi connectivity index (χ0) is 15.4. The molecule has 0 aliphatic heterocycles. The molecule has 2 aromatic carbocycles. The van der Waals surface area contributed by atoms with Crippen molar-refractivity contribution in [1.29, 1.82) is 0 Å². The molecule has 0 aromatic heterocycles. The monoisotopic (exact) mass is 285 g/mol. The van der Waals surface area contributed by atoms with Gasteiger partial charge in [0.15, 0.2) is 0 Å². The quantitative estimate of drug-likeness (QED) is 0.848. The lowest BCUT2D eigenvalue weighted by molar-refractivity contribution is 0.0827. The van der Waals surface area contributed by atoms with Gasteiger partial charge >= 0.3 is 0 Å². The van der Waals surface area contributed by atoms with Gasteiger partial charge in [-0.05, 0) is 30.3 Å². The highest BCUT2D eigenvalue weighted by molar-refractivity contribution is 5.96. The smallest absolute Gasteiger partial charge is 0.253 e. The van der Waals surface area contributed by atoms with Crippen molar-refractivity contribution in [2.45, 2.75) is 0 Å². The molecule has 2 rings (SSSR count). The highest BCUT2D eigenvalue weighted by atomic mass is 16.5. The third-order valence-corrected chi connectivity index (χ3v) is 3.06. The fourth-order valence-corrected chi connectivity index (χ4v) is 1.91. The van der Waals surface area contributed by atoms with Gasteiger partial charge in [0.2, 0.25) is 0 Å². The second-order valence-electron chi connectivity index (χ2n) is 4.86. The first-order chi connectivity index (χ1) is 10.0. The molecule has 0 spiro atoms. The van der Waals surface area contributed by atoms with E-state index in [1.807, 2.05) is 24.3 Å². The number of rotatable bonds is 4. The number of hydrogen-bond donors (Lipinski definition) is 2. The van der Waals surface area contributed by atoms with Crippen LogP contribution in [0.1, 0.15) is 10.4 Å². The third kappa shape index (κ3) is 3.45. The maximum absolute atomic E-state index is 12.0. The molecule has 0 saturated carbocycles. The van der Waals surface area contributed by atoms with Crippen LogP contribution in [0.3, 0.4) is 0 Å². The summed E-state index contributed by atoms with van der Waals surface area (Å²) in [5.74, 6) is 0.683. The van der Waals surface area contributed by atoms with Crippen molar-refractivity contribution in [1.82, 2.24) is 4.90 Å². The molecule has 1 amide bonds. The minimum atomic E-state index is -0.0660. The Balaban J connectivity index is 2.30. The van der Waals surface area contributed by atoms with Gasteiger partial charge in [0, 0.05) is 31.4 Å². The number of carbonyl (C=O) groups is 1. The minimum Gasteiger partial charge on any atom is -0.497 e. The average molecular weight is 285 g/mol. The summed E-state index contributed by atoms with van der Waals surface area (Å²) in [5, 5.41) is 3.21. The Bertz CT molecular complexity index is 654. The van der Waals surface area contributed by atoms with Crippen LogP contribution in [0.4, 0.5) is 17.1 Å². The molecular weight excluding hydrogens is 266 g/mol. The molecule has 0 radical (unpaired) electrons. The number of nitrogens with zero attached hydrogens (tertiary/aromatic N) is 1. The number of ether oxygens (including phenoxy) is 1. The van der Waals surface area contributed by atoms with E-state index >= 15 is 0 Å². The molecule has 110 valence electrons. The molecule has 5 heteroatoms. The normalized spacial score (nSPS) is 10.0. The van der Waals surface area contributed by atoms with Crippen molar-refractivity contribution in [2.24, 2.45) is 0 Å². The SMILES string of the molecule is COc1cccc(Nc2cc(C(=O)N(C)C)ccc2N)c1. The fraction of sp³-hybridized carbons (Fsp3) is 0.188. The van der Waals surface area contributed by atoms with E-state index in [2.05, 4.69) is 5.32 Å². The van der Waals surface area contributed by atoms with Crippen molar-refractivity contribution < 1.29 is 9.53 Å². The Kier molecular flexibility index (Phi) is 4.33. The molecule has 2 aromatic rings.